The first-order valence-electron chi connectivity index (χ1n) is 16.7. The maximum absolute atomic E-state index is 15.4. The number of hydrogen-bond donors (Lipinski definition) is 3. The summed E-state index contributed by atoms with van der Waals surface area (Å²) in [5.74, 6) is -1.21. The number of hydrogen-bond acceptors (Lipinski definition) is 7. The molecule has 2 saturated heterocycles. The summed E-state index contributed by atoms with van der Waals surface area (Å²) >= 11 is 12.3. The van der Waals surface area contributed by atoms with Crippen LogP contribution in [0.5, 0.6) is 0 Å². The fraction of sp³-hybridized carbons (Fsp3) is 0.611. The van der Waals surface area contributed by atoms with Gasteiger partial charge in [0, 0.05) is 52.9 Å². The molecule has 2 amide bonds. The molecule has 3 N–H and O–H groups in total. The Kier molecular flexibility index (Phi) is 11.9. The summed E-state index contributed by atoms with van der Waals surface area (Å²) in [6.07, 6.45) is 8.23. The third-order valence-corrected chi connectivity index (χ3v) is 11.0. The van der Waals surface area contributed by atoms with Crippen LogP contribution in [-0.4, -0.2) is 72.0 Å². The summed E-state index contributed by atoms with van der Waals surface area (Å²) in [5, 5.41) is 9.86. The number of amides is 2. The fourth-order valence-electron chi connectivity index (χ4n) is 7.77. The molecule has 1 saturated carbocycles. The molecule has 1 unspecified atom stereocenters. The van der Waals surface area contributed by atoms with Crippen molar-refractivity contribution in [3.8, 4) is 0 Å². The van der Waals surface area contributed by atoms with Crippen molar-refractivity contribution >= 4 is 47.7 Å². The standard InChI is InChI=1S/C25H28Cl2FN3O2.C11H22N2O2/c1-23(2)7-9-25(10-8-23)24(3,17-5-4-15(26)12-18(17)30-14-33)20(19(13-32)31-25)16-6-11-29-22(27)21(16)28;1-11(2,3)15-10(14)13-7-5-9(12-4)6-8-13/h4-6,11-14,19-20,31H,7-10H2,1-3H3,(H,30,33);9,12H,5-8H2,1-4H3/t19?,20-,24+;/m0./s1. The molecule has 0 radical (unpaired) electrons. The molecule has 3 aliphatic rings. The van der Waals surface area contributed by atoms with Crippen LogP contribution in [0.1, 0.15) is 97.1 Å². The Bertz CT molecular complexity index is 1470. The van der Waals surface area contributed by atoms with Gasteiger partial charge in [-0.15, -0.1) is 0 Å². The largest absolute Gasteiger partial charge is 0.444 e. The highest BCUT2D eigenvalue weighted by Crippen LogP contribution is 2.61. The number of halogens is 3. The Morgan fingerprint density at radius 1 is 1.08 bits per heavy atom. The van der Waals surface area contributed by atoms with Gasteiger partial charge in [-0.25, -0.2) is 14.2 Å². The van der Waals surface area contributed by atoms with E-state index in [0.29, 0.717) is 28.7 Å². The van der Waals surface area contributed by atoms with Crippen molar-refractivity contribution in [2.75, 3.05) is 25.5 Å². The Balaban J connectivity index is 0.000000291. The predicted molar refractivity (Wildman–Crippen MR) is 188 cm³/mol. The SMILES string of the molecule is CC1(C)CCC2(CC1)NC(C=O)[C@H](c1ccnc(Cl)c1F)[C@@]2(C)c1ccc(Cl)cc1NC=O.CNC1CCN(C(=O)OC(C)(C)C)CC1. The number of nitrogens with one attached hydrogen (secondary N) is 3. The number of rotatable bonds is 6. The van der Waals surface area contributed by atoms with Crippen molar-refractivity contribution in [3.05, 3.63) is 57.6 Å². The number of likely N-dealkylation sites (tertiary alicyclic amines) is 1. The quantitative estimate of drug-likeness (QED) is 0.214. The third kappa shape index (κ3) is 7.98. The van der Waals surface area contributed by atoms with E-state index in [2.05, 4.69) is 41.7 Å². The van der Waals surface area contributed by atoms with Crippen molar-refractivity contribution in [1.82, 2.24) is 20.5 Å². The zero-order chi connectivity index (χ0) is 35.5. The summed E-state index contributed by atoms with van der Waals surface area (Å²) < 4.78 is 20.7. The molecule has 2 aliphatic heterocycles. The molecule has 9 nitrogen and oxygen atoms in total. The monoisotopic (exact) mass is 705 g/mol. The van der Waals surface area contributed by atoms with Gasteiger partial charge in [-0.3, -0.25) is 4.79 Å². The molecule has 3 fully saturated rings. The second kappa shape index (κ2) is 15.0. The van der Waals surface area contributed by atoms with Crippen LogP contribution in [0.15, 0.2) is 30.5 Å². The van der Waals surface area contributed by atoms with Crippen molar-refractivity contribution in [1.29, 1.82) is 0 Å². The number of carbonyl (C=O) groups is 3. The van der Waals surface area contributed by atoms with Gasteiger partial charge < -0.3 is 30.4 Å². The number of piperidine rings is 1. The summed E-state index contributed by atoms with van der Waals surface area (Å²) in [4.78, 5) is 41.2. The molecule has 5 rings (SSSR count). The molecule has 1 spiro atoms. The van der Waals surface area contributed by atoms with Crippen molar-refractivity contribution in [3.63, 3.8) is 0 Å². The molecule has 3 heterocycles. The lowest BCUT2D eigenvalue weighted by Crippen LogP contribution is -2.57. The lowest BCUT2D eigenvalue weighted by Gasteiger charge is -2.52. The topological polar surface area (TPSA) is 113 Å². The van der Waals surface area contributed by atoms with Crippen LogP contribution in [-0.2, 0) is 19.7 Å². The second-order valence-corrected chi connectivity index (χ2v) is 16.0. The van der Waals surface area contributed by atoms with Crippen molar-refractivity contribution in [2.45, 2.75) is 115 Å². The van der Waals surface area contributed by atoms with E-state index in [1.54, 1.807) is 23.1 Å². The van der Waals surface area contributed by atoms with Gasteiger partial charge in [0.25, 0.3) is 0 Å². The predicted octanol–water partition coefficient (Wildman–Crippen LogP) is 7.25. The van der Waals surface area contributed by atoms with Crippen molar-refractivity contribution in [2.24, 2.45) is 5.41 Å². The van der Waals surface area contributed by atoms with E-state index in [1.165, 1.54) is 6.20 Å². The minimum atomic E-state index is -0.767. The maximum atomic E-state index is 15.4. The lowest BCUT2D eigenvalue weighted by atomic mass is 9.54. The van der Waals surface area contributed by atoms with Gasteiger partial charge in [-0.1, -0.05) is 50.0 Å². The van der Waals surface area contributed by atoms with E-state index in [0.717, 1.165) is 63.5 Å². The average molecular weight is 707 g/mol. The highest BCUT2D eigenvalue weighted by molar-refractivity contribution is 6.31. The first-order valence-corrected chi connectivity index (χ1v) is 17.4. The first-order chi connectivity index (χ1) is 22.5. The summed E-state index contributed by atoms with van der Waals surface area (Å²) in [5.41, 5.74) is 0.172. The number of anilines is 1. The lowest BCUT2D eigenvalue weighted by molar-refractivity contribution is -0.109. The molecule has 1 aromatic heterocycles. The molecule has 264 valence electrons. The minimum absolute atomic E-state index is 0.164. The Hall–Kier alpha value is -2.79. The maximum Gasteiger partial charge on any atom is 0.410 e. The molecule has 0 bridgehead atoms. The van der Waals surface area contributed by atoms with Gasteiger partial charge in [0.15, 0.2) is 11.0 Å². The number of carbonyl (C=O) groups excluding carboxylic acids is 3. The number of aldehydes is 1. The van der Waals surface area contributed by atoms with E-state index in [1.807, 2.05) is 33.9 Å². The van der Waals surface area contributed by atoms with Gasteiger partial charge in [0.1, 0.15) is 11.9 Å². The van der Waals surface area contributed by atoms with E-state index >= 15 is 4.39 Å². The number of pyridine rings is 1. The van der Waals surface area contributed by atoms with Gasteiger partial charge >= 0.3 is 6.09 Å². The van der Waals surface area contributed by atoms with Gasteiger partial charge in [-0.05, 0) is 101 Å². The zero-order valence-electron chi connectivity index (χ0n) is 29.1. The molecule has 3 atom stereocenters. The fourth-order valence-corrected chi connectivity index (χ4v) is 8.11. The van der Waals surface area contributed by atoms with Crippen LogP contribution < -0.4 is 16.0 Å². The number of nitrogens with zero attached hydrogens (tertiary/aromatic N) is 2. The summed E-state index contributed by atoms with van der Waals surface area (Å²) in [6, 6.07) is 6.82. The summed E-state index contributed by atoms with van der Waals surface area (Å²) in [7, 11) is 1.97. The third-order valence-electron chi connectivity index (χ3n) is 10.5. The molecular weight excluding hydrogens is 656 g/mol. The Morgan fingerprint density at radius 3 is 2.29 bits per heavy atom. The second-order valence-electron chi connectivity index (χ2n) is 15.2. The molecule has 1 aromatic carbocycles. The zero-order valence-corrected chi connectivity index (χ0v) is 30.6. The smallest absolute Gasteiger partial charge is 0.410 e. The summed E-state index contributed by atoms with van der Waals surface area (Å²) in [6.45, 7) is 13.8. The molecule has 48 heavy (non-hydrogen) atoms. The van der Waals surface area contributed by atoms with Crippen LogP contribution in [0.3, 0.4) is 0 Å². The highest BCUT2D eigenvalue weighted by atomic mass is 35.5. The number of ether oxygens (including phenoxy) is 1. The highest BCUT2D eigenvalue weighted by Gasteiger charge is 2.64. The van der Waals surface area contributed by atoms with Crippen LogP contribution in [0.4, 0.5) is 14.9 Å². The number of benzene rings is 1. The Morgan fingerprint density at radius 2 is 1.73 bits per heavy atom. The van der Waals surface area contributed by atoms with Crippen LogP contribution in [0.2, 0.25) is 10.2 Å². The number of aromatic nitrogens is 1. The van der Waals surface area contributed by atoms with E-state index < -0.39 is 34.3 Å². The van der Waals surface area contributed by atoms with Crippen LogP contribution >= 0.6 is 23.2 Å². The van der Waals surface area contributed by atoms with E-state index in [-0.39, 0.29) is 16.7 Å². The molecule has 12 heteroatoms. The van der Waals surface area contributed by atoms with Crippen LogP contribution in [0, 0.1) is 11.2 Å². The molecule has 2 aromatic rings. The Labute approximate surface area is 294 Å². The van der Waals surface area contributed by atoms with Crippen LogP contribution in [0.25, 0.3) is 0 Å². The van der Waals surface area contributed by atoms with E-state index in [4.69, 9.17) is 27.9 Å². The molecule has 1 aliphatic carbocycles. The van der Waals surface area contributed by atoms with Gasteiger partial charge in [-0.2, -0.15) is 0 Å². The van der Waals surface area contributed by atoms with E-state index in [9.17, 15) is 14.4 Å². The van der Waals surface area contributed by atoms with Gasteiger partial charge in [0.05, 0.1) is 6.04 Å². The average Bonchev–Trinajstić information content (AvgIpc) is 3.27. The first kappa shape index (κ1) is 38.0. The molecular formula is C36H50Cl2FN5O4. The van der Waals surface area contributed by atoms with Crippen molar-refractivity contribution < 1.29 is 23.5 Å². The minimum Gasteiger partial charge on any atom is -0.444 e. The van der Waals surface area contributed by atoms with Gasteiger partial charge in [0.2, 0.25) is 6.41 Å². The normalized spacial score (nSPS) is 25.2.